The van der Waals surface area contributed by atoms with E-state index in [0.29, 0.717) is 62.8 Å². The van der Waals surface area contributed by atoms with Crippen molar-refractivity contribution in [2.45, 2.75) is 90.9 Å². The molecule has 302 valence electrons. The monoisotopic (exact) mass is 793 g/mol. The number of hydrogen-bond donors (Lipinski definition) is 1. The first-order valence-electron chi connectivity index (χ1n) is 20.1. The van der Waals surface area contributed by atoms with Crippen molar-refractivity contribution in [2.75, 3.05) is 37.0 Å². The highest BCUT2D eigenvalue weighted by Crippen LogP contribution is 2.48. The van der Waals surface area contributed by atoms with Crippen LogP contribution < -0.4 is 9.64 Å². The minimum Gasteiger partial charge on any atom is -0.485 e. The molecule has 0 saturated carbocycles. The van der Waals surface area contributed by atoms with Gasteiger partial charge in [0.15, 0.2) is 17.2 Å². The van der Waals surface area contributed by atoms with E-state index in [1.54, 1.807) is 0 Å². The topological polar surface area (TPSA) is 105 Å². The van der Waals surface area contributed by atoms with Gasteiger partial charge < -0.3 is 19.1 Å². The first-order valence-corrected chi connectivity index (χ1v) is 21.7. The molecule has 0 spiro atoms. The molecule has 0 fully saturated rings. The van der Waals surface area contributed by atoms with Crippen molar-refractivity contribution in [3.63, 3.8) is 0 Å². The third-order valence-electron chi connectivity index (χ3n) is 11.3. The largest absolute Gasteiger partial charge is 0.485 e. The minimum atomic E-state index is -4.03. The van der Waals surface area contributed by atoms with Crippen LogP contribution in [0.1, 0.15) is 89.0 Å². The summed E-state index contributed by atoms with van der Waals surface area (Å²) in [6, 6.07) is 22.9. The van der Waals surface area contributed by atoms with Crippen molar-refractivity contribution < 1.29 is 36.6 Å². The molecule has 0 unspecified atom stereocenters. The van der Waals surface area contributed by atoms with Gasteiger partial charge in [0.2, 0.25) is 5.69 Å². The van der Waals surface area contributed by atoms with Gasteiger partial charge in [-0.05, 0) is 87.6 Å². The zero-order valence-electron chi connectivity index (χ0n) is 34.2. The second-order valence-corrected chi connectivity index (χ2v) is 17.8. The summed E-state index contributed by atoms with van der Waals surface area (Å²) in [4.78, 5) is 12.9. The number of rotatable bonds is 18. The first-order chi connectivity index (χ1) is 27.2. The Morgan fingerprint density at radius 1 is 0.912 bits per heavy atom. The van der Waals surface area contributed by atoms with E-state index in [2.05, 4.69) is 112 Å². The molecular weight excluding hydrogens is 737 g/mol. The van der Waals surface area contributed by atoms with Gasteiger partial charge in [0.1, 0.15) is 18.9 Å². The van der Waals surface area contributed by atoms with Crippen LogP contribution in [-0.4, -0.2) is 61.8 Å². The molecule has 3 aromatic carbocycles. The molecule has 0 radical (unpaired) electrons. The number of fused-ring (bicyclic) bond motifs is 2. The molecule has 9 nitrogen and oxygen atoms in total. The molecular formula is C47H57N2O7S+. The van der Waals surface area contributed by atoms with Gasteiger partial charge in [-0.2, -0.15) is 13.0 Å². The van der Waals surface area contributed by atoms with Crippen molar-refractivity contribution in [2.24, 2.45) is 0 Å². The van der Waals surface area contributed by atoms with Crippen molar-refractivity contribution in [3.05, 3.63) is 136 Å². The maximum atomic E-state index is 11.5. The summed E-state index contributed by atoms with van der Waals surface area (Å²) < 4.78 is 52.8. The smallest absolute Gasteiger partial charge is 0.293 e. The van der Waals surface area contributed by atoms with Crippen LogP contribution in [0.4, 0.5) is 11.4 Å². The number of benzene rings is 3. The van der Waals surface area contributed by atoms with E-state index >= 15 is 0 Å². The van der Waals surface area contributed by atoms with Crippen LogP contribution in [0.15, 0.2) is 114 Å². The molecule has 0 amide bonds. The lowest BCUT2D eigenvalue weighted by atomic mass is 9.81. The number of hydrogen-bond acceptors (Lipinski definition) is 7. The van der Waals surface area contributed by atoms with E-state index < -0.39 is 10.1 Å². The van der Waals surface area contributed by atoms with Crippen LogP contribution in [0.3, 0.4) is 0 Å². The number of nitrogens with zero attached hydrogens (tertiary/aromatic N) is 2. The summed E-state index contributed by atoms with van der Waals surface area (Å²) in [5.74, 6) is 1.67. The van der Waals surface area contributed by atoms with Crippen LogP contribution in [0.2, 0.25) is 0 Å². The van der Waals surface area contributed by atoms with Gasteiger partial charge in [-0.1, -0.05) is 75.2 Å². The lowest BCUT2D eigenvalue weighted by Gasteiger charge is -2.27. The fourth-order valence-electron chi connectivity index (χ4n) is 8.20. The highest BCUT2D eigenvalue weighted by Gasteiger charge is 2.44. The second kappa shape index (κ2) is 17.7. The first kappa shape index (κ1) is 41.7. The predicted octanol–water partition coefficient (Wildman–Crippen LogP) is 9.43. The van der Waals surface area contributed by atoms with E-state index in [1.807, 2.05) is 30.3 Å². The van der Waals surface area contributed by atoms with Crippen LogP contribution >= 0.6 is 0 Å². The number of para-hydroxylation sites is 1. The van der Waals surface area contributed by atoms with Gasteiger partial charge in [0, 0.05) is 59.5 Å². The van der Waals surface area contributed by atoms with Gasteiger partial charge in [-0.15, -0.1) is 0 Å². The molecule has 3 aliphatic heterocycles. The normalized spacial score (nSPS) is 18.5. The zero-order valence-corrected chi connectivity index (χ0v) is 35.0. The van der Waals surface area contributed by atoms with Crippen molar-refractivity contribution in [1.29, 1.82) is 0 Å². The maximum absolute atomic E-state index is 11.5. The fraction of sp³-hybridized carbons (Fsp3) is 0.404. The van der Waals surface area contributed by atoms with Gasteiger partial charge in [0.25, 0.3) is 16.6 Å². The second-order valence-electron chi connectivity index (χ2n) is 16.2. The molecule has 1 N–H and O–H groups in total. The van der Waals surface area contributed by atoms with E-state index in [-0.39, 0.29) is 16.6 Å². The number of aryl methyl sites for hydroxylation is 1. The molecule has 0 aliphatic carbocycles. The van der Waals surface area contributed by atoms with Gasteiger partial charge in [-0.3, -0.25) is 9.35 Å². The van der Waals surface area contributed by atoms with Crippen LogP contribution in [0, 0.1) is 6.92 Å². The molecule has 0 atom stereocenters. The van der Waals surface area contributed by atoms with Crippen LogP contribution in [0.25, 0.3) is 0 Å². The highest BCUT2D eigenvalue weighted by molar-refractivity contribution is 7.85. The summed E-state index contributed by atoms with van der Waals surface area (Å²) in [5, 5.41) is 0. The Labute approximate surface area is 338 Å². The molecule has 57 heavy (non-hydrogen) atoms. The molecule has 3 heterocycles. The Bertz CT molecular complexity index is 2230. The van der Waals surface area contributed by atoms with E-state index in [4.69, 9.17) is 14.2 Å². The number of unbranched alkanes of at least 4 members (excludes halogenated alkanes) is 3. The van der Waals surface area contributed by atoms with Gasteiger partial charge in [-0.25, -0.2) is 0 Å². The fourth-order valence-corrected chi connectivity index (χ4v) is 8.76. The van der Waals surface area contributed by atoms with E-state index in [9.17, 15) is 17.8 Å². The predicted molar refractivity (Wildman–Crippen MR) is 227 cm³/mol. The molecule has 3 aromatic rings. The lowest BCUT2D eigenvalue weighted by Crippen LogP contribution is -2.28. The van der Waals surface area contributed by atoms with Crippen LogP contribution in [0.5, 0.6) is 5.75 Å². The summed E-state index contributed by atoms with van der Waals surface area (Å²) >= 11 is 0. The van der Waals surface area contributed by atoms with Gasteiger partial charge in [0.05, 0.1) is 17.8 Å². The molecule has 0 bridgehead atoms. The quantitative estimate of drug-likeness (QED) is 0.0588. The third kappa shape index (κ3) is 9.45. The average Bonchev–Trinajstić information content (AvgIpc) is 3.72. The van der Waals surface area contributed by atoms with E-state index in [1.165, 1.54) is 34.5 Å². The summed E-state index contributed by atoms with van der Waals surface area (Å²) in [6.45, 7) is 15.9. The van der Waals surface area contributed by atoms with Gasteiger partial charge >= 0.3 is 0 Å². The number of ether oxygens (including phenoxy) is 3. The Balaban J connectivity index is 1.39. The molecule has 0 aromatic heterocycles. The van der Waals surface area contributed by atoms with Crippen LogP contribution in [-0.2, 0) is 41.6 Å². The SMILES string of the molecule is CCCCC[N+]1=C(/C=C/C2=C(Oc3ccc(CCOC=O)cc3)C(=C/C=C3/N(CCCCS(=O)(=O)O)c4ccc(C)cc4C3(C)C)/CO2)C(C)(C)c2ccccc21. The standard InChI is InChI=1S/C47H56N2O7S/c1-7-8-11-27-48-40-15-10-9-14-38(40)46(3,4)44(48)25-23-42-45(56-37-20-17-35(18-21-37)26-29-54-33-50)36(32-55-42)19-24-43-47(5,6)39-31-34(2)16-22-41(39)49(43)28-12-13-30-57(51,52)53/h9-10,14-25,31,33H,7-8,11-13,26-30,32H2,1-6H3/p+1. The average molecular weight is 794 g/mol. The third-order valence-corrected chi connectivity index (χ3v) is 12.1. The number of carbonyl (C=O) groups excluding carboxylic acids is 1. The highest BCUT2D eigenvalue weighted by atomic mass is 32.2. The summed E-state index contributed by atoms with van der Waals surface area (Å²) in [6.07, 6.45) is 13.4. The number of anilines is 1. The lowest BCUT2D eigenvalue weighted by molar-refractivity contribution is -0.438. The summed E-state index contributed by atoms with van der Waals surface area (Å²) in [5.41, 5.74) is 9.69. The Morgan fingerprint density at radius 3 is 2.42 bits per heavy atom. The Morgan fingerprint density at radius 2 is 1.68 bits per heavy atom. The minimum absolute atomic E-state index is 0.210. The van der Waals surface area contributed by atoms with Crippen molar-refractivity contribution in [1.82, 2.24) is 0 Å². The molecule has 3 aliphatic rings. The zero-order chi connectivity index (χ0) is 40.8. The Kier molecular flexibility index (Phi) is 12.9. The van der Waals surface area contributed by atoms with E-state index in [0.717, 1.165) is 41.9 Å². The molecule has 6 rings (SSSR count). The summed E-state index contributed by atoms with van der Waals surface area (Å²) in [7, 11) is -4.03. The number of allylic oxidation sites excluding steroid dienone is 5. The maximum Gasteiger partial charge on any atom is 0.293 e. The molecule has 10 heteroatoms. The van der Waals surface area contributed by atoms with Crippen molar-refractivity contribution in [3.8, 4) is 5.75 Å². The Hall–Kier alpha value is -4.93. The van der Waals surface area contributed by atoms with Crippen molar-refractivity contribution >= 4 is 33.7 Å². The molecule has 0 saturated heterocycles. The number of carbonyl (C=O) groups is 1.